The van der Waals surface area contributed by atoms with Crippen LogP contribution in [0, 0.1) is 6.92 Å². The molecule has 5 nitrogen and oxygen atoms in total. The molecule has 0 saturated heterocycles. The molecule has 0 spiro atoms. The summed E-state index contributed by atoms with van der Waals surface area (Å²) < 4.78 is 5.21. The van der Waals surface area contributed by atoms with E-state index in [1.807, 2.05) is 19.1 Å². The lowest BCUT2D eigenvalue weighted by Crippen LogP contribution is -2.07. The van der Waals surface area contributed by atoms with Crippen LogP contribution in [0.25, 0.3) is 0 Å². The van der Waals surface area contributed by atoms with Crippen molar-refractivity contribution in [2.75, 3.05) is 24.3 Å². The van der Waals surface area contributed by atoms with Crippen molar-refractivity contribution in [2.24, 2.45) is 0 Å². The minimum absolute atomic E-state index is 0.577. The first-order valence-corrected chi connectivity index (χ1v) is 7.19. The second kappa shape index (κ2) is 7.13. The van der Waals surface area contributed by atoms with E-state index in [1.165, 1.54) is 0 Å². The zero-order valence-electron chi connectivity index (χ0n) is 12.4. The molecule has 0 aliphatic carbocycles. The second-order valence-electron chi connectivity index (χ2n) is 4.60. The topological polar surface area (TPSA) is 59.1 Å². The van der Waals surface area contributed by atoms with E-state index in [2.05, 4.69) is 27.5 Å². The van der Waals surface area contributed by atoms with Crippen LogP contribution in [0.5, 0.6) is 5.75 Å². The fourth-order valence-corrected chi connectivity index (χ4v) is 2.07. The summed E-state index contributed by atoms with van der Waals surface area (Å²) in [6, 6.07) is 5.50. The Labute approximate surface area is 129 Å². The Kier molecular flexibility index (Phi) is 5.22. The molecule has 0 amide bonds. The van der Waals surface area contributed by atoms with Gasteiger partial charge in [0.25, 0.3) is 0 Å². The fraction of sp³-hybridized carbons (Fsp3) is 0.333. The van der Waals surface area contributed by atoms with Crippen molar-refractivity contribution in [3.63, 3.8) is 0 Å². The van der Waals surface area contributed by atoms with Crippen molar-refractivity contribution >= 4 is 28.9 Å². The predicted molar refractivity (Wildman–Crippen MR) is 86.8 cm³/mol. The van der Waals surface area contributed by atoms with E-state index in [1.54, 1.807) is 19.5 Å². The summed E-state index contributed by atoms with van der Waals surface area (Å²) in [4.78, 5) is 8.54. The Morgan fingerprint density at radius 3 is 2.71 bits per heavy atom. The van der Waals surface area contributed by atoms with E-state index in [0.29, 0.717) is 10.8 Å². The van der Waals surface area contributed by atoms with Crippen LogP contribution in [0.1, 0.15) is 18.9 Å². The van der Waals surface area contributed by atoms with Crippen LogP contribution in [0.4, 0.5) is 17.3 Å². The van der Waals surface area contributed by atoms with Crippen LogP contribution >= 0.6 is 11.6 Å². The Balaban J connectivity index is 2.23. The first-order valence-electron chi connectivity index (χ1n) is 6.81. The van der Waals surface area contributed by atoms with Crippen LogP contribution in [0.2, 0.25) is 5.02 Å². The summed E-state index contributed by atoms with van der Waals surface area (Å²) in [6.45, 7) is 4.97. The molecule has 0 aliphatic rings. The normalized spacial score (nSPS) is 10.3. The molecule has 6 heteroatoms. The SMILES string of the molecule is CCCNc1ncnc(Nc2ccc(Cl)c(OC)c2)c1C. The van der Waals surface area contributed by atoms with Gasteiger partial charge in [-0.25, -0.2) is 9.97 Å². The van der Waals surface area contributed by atoms with Gasteiger partial charge in [0.05, 0.1) is 12.1 Å². The molecule has 0 fully saturated rings. The number of hydrogen-bond acceptors (Lipinski definition) is 5. The summed E-state index contributed by atoms with van der Waals surface area (Å²) in [5.41, 5.74) is 1.83. The quantitative estimate of drug-likeness (QED) is 0.844. The molecular formula is C15H19ClN4O. The summed E-state index contributed by atoms with van der Waals surface area (Å²) in [7, 11) is 1.59. The Morgan fingerprint density at radius 2 is 2.00 bits per heavy atom. The maximum Gasteiger partial charge on any atom is 0.139 e. The number of rotatable bonds is 6. The summed E-state index contributed by atoms with van der Waals surface area (Å²) in [5, 5.41) is 7.12. The van der Waals surface area contributed by atoms with Crippen molar-refractivity contribution in [3.8, 4) is 5.75 Å². The molecule has 1 aromatic carbocycles. The first-order chi connectivity index (χ1) is 10.2. The minimum atomic E-state index is 0.577. The number of aromatic nitrogens is 2. The van der Waals surface area contributed by atoms with Gasteiger partial charge in [-0.1, -0.05) is 18.5 Å². The van der Waals surface area contributed by atoms with Crippen molar-refractivity contribution in [3.05, 3.63) is 35.1 Å². The molecule has 1 heterocycles. The van der Waals surface area contributed by atoms with Gasteiger partial charge in [0, 0.05) is 23.9 Å². The molecule has 0 atom stereocenters. The van der Waals surface area contributed by atoms with Gasteiger partial charge in [0.1, 0.15) is 23.7 Å². The van der Waals surface area contributed by atoms with E-state index < -0.39 is 0 Å². The zero-order chi connectivity index (χ0) is 15.2. The maximum absolute atomic E-state index is 6.02. The van der Waals surface area contributed by atoms with Gasteiger partial charge in [0.15, 0.2) is 0 Å². The molecule has 2 aromatic rings. The first kappa shape index (κ1) is 15.4. The summed E-state index contributed by atoms with van der Waals surface area (Å²) >= 11 is 6.02. The fourth-order valence-electron chi connectivity index (χ4n) is 1.87. The third-order valence-electron chi connectivity index (χ3n) is 3.04. The van der Waals surface area contributed by atoms with Crippen molar-refractivity contribution in [1.82, 2.24) is 9.97 Å². The second-order valence-corrected chi connectivity index (χ2v) is 5.00. The largest absolute Gasteiger partial charge is 0.495 e. The lowest BCUT2D eigenvalue weighted by Gasteiger charge is -2.13. The van der Waals surface area contributed by atoms with E-state index in [-0.39, 0.29) is 0 Å². The number of halogens is 1. The zero-order valence-corrected chi connectivity index (χ0v) is 13.2. The molecule has 112 valence electrons. The lowest BCUT2D eigenvalue weighted by atomic mass is 10.2. The number of nitrogens with one attached hydrogen (secondary N) is 2. The van der Waals surface area contributed by atoms with Gasteiger partial charge < -0.3 is 15.4 Å². The Hall–Kier alpha value is -2.01. The van der Waals surface area contributed by atoms with E-state index in [9.17, 15) is 0 Å². The van der Waals surface area contributed by atoms with Crippen LogP contribution in [-0.2, 0) is 0 Å². The molecule has 1 aromatic heterocycles. The highest BCUT2D eigenvalue weighted by atomic mass is 35.5. The highest BCUT2D eigenvalue weighted by Crippen LogP contribution is 2.29. The van der Waals surface area contributed by atoms with Gasteiger partial charge in [-0.15, -0.1) is 0 Å². The highest BCUT2D eigenvalue weighted by Gasteiger charge is 2.08. The average Bonchev–Trinajstić information content (AvgIpc) is 2.50. The Morgan fingerprint density at radius 1 is 1.24 bits per heavy atom. The molecule has 2 rings (SSSR count). The van der Waals surface area contributed by atoms with Gasteiger partial charge in [-0.3, -0.25) is 0 Å². The number of benzene rings is 1. The molecular weight excluding hydrogens is 288 g/mol. The van der Waals surface area contributed by atoms with Crippen LogP contribution in [0.3, 0.4) is 0 Å². The number of ether oxygens (including phenoxy) is 1. The molecule has 0 unspecified atom stereocenters. The highest BCUT2D eigenvalue weighted by molar-refractivity contribution is 6.32. The standard InChI is InChI=1S/C15H19ClN4O/c1-4-7-17-14-10(2)15(19-9-18-14)20-11-5-6-12(16)13(8-11)21-3/h5-6,8-9H,4,7H2,1-3H3,(H2,17,18,19,20). The molecule has 21 heavy (non-hydrogen) atoms. The molecule has 0 radical (unpaired) electrons. The lowest BCUT2D eigenvalue weighted by molar-refractivity contribution is 0.415. The number of methoxy groups -OCH3 is 1. The molecule has 0 saturated carbocycles. The van der Waals surface area contributed by atoms with Crippen LogP contribution < -0.4 is 15.4 Å². The van der Waals surface area contributed by atoms with E-state index in [4.69, 9.17) is 16.3 Å². The van der Waals surface area contributed by atoms with Crippen LogP contribution in [-0.4, -0.2) is 23.6 Å². The number of nitrogens with zero attached hydrogens (tertiary/aromatic N) is 2. The van der Waals surface area contributed by atoms with Crippen molar-refractivity contribution in [2.45, 2.75) is 20.3 Å². The minimum Gasteiger partial charge on any atom is -0.495 e. The molecule has 0 aliphatic heterocycles. The van der Waals surface area contributed by atoms with E-state index >= 15 is 0 Å². The number of hydrogen-bond donors (Lipinski definition) is 2. The molecule has 2 N–H and O–H groups in total. The van der Waals surface area contributed by atoms with Gasteiger partial charge in [-0.2, -0.15) is 0 Å². The summed E-state index contributed by atoms with van der Waals surface area (Å²) in [5.74, 6) is 2.22. The average molecular weight is 307 g/mol. The molecule has 0 bridgehead atoms. The monoisotopic (exact) mass is 306 g/mol. The number of anilines is 3. The van der Waals surface area contributed by atoms with Crippen LogP contribution in [0.15, 0.2) is 24.5 Å². The van der Waals surface area contributed by atoms with Crippen molar-refractivity contribution < 1.29 is 4.74 Å². The summed E-state index contributed by atoms with van der Waals surface area (Å²) in [6.07, 6.45) is 2.58. The van der Waals surface area contributed by atoms with Gasteiger partial charge in [-0.05, 0) is 25.5 Å². The third kappa shape index (κ3) is 3.76. The predicted octanol–water partition coefficient (Wildman–Crippen LogP) is 4.01. The Bertz CT molecular complexity index is 619. The van der Waals surface area contributed by atoms with Crippen molar-refractivity contribution in [1.29, 1.82) is 0 Å². The third-order valence-corrected chi connectivity index (χ3v) is 3.35. The van der Waals surface area contributed by atoms with E-state index in [0.717, 1.165) is 35.9 Å². The van der Waals surface area contributed by atoms with Gasteiger partial charge >= 0.3 is 0 Å². The smallest absolute Gasteiger partial charge is 0.139 e. The maximum atomic E-state index is 6.02. The van der Waals surface area contributed by atoms with Gasteiger partial charge in [0.2, 0.25) is 0 Å².